The van der Waals surface area contributed by atoms with Crippen molar-refractivity contribution < 1.29 is 9.90 Å². The zero-order valence-electron chi connectivity index (χ0n) is 12.0. The van der Waals surface area contributed by atoms with Crippen molar-refractivity contribution in [3.8, 4) is 0 Å². The fourth-order valence-corrected chi connectivity index (χ4v) is 5.68. The summed E-state index contributed by atoms with van der Waals surface area (Å²) in [7, 11) is 1.91. The smallest absolute Gasteiger partial charge is 0.307 e. The van der Waals surface area contributed by atoms with E-state index in [1.807, 2.05) is 17.9 Å². The maximum atomic E-state index is 11.1. The number of aromatic nitrogens is 2. The molecule has 4 aliphatic rings. The molecule has 0 aromatic carbocycles. The summed E-state index contributed by atoms with van der Waals surface area (Å²) in [5.41, 5.74) is 2.25. The third-order valence-electron chi connectivity index (χ3n) is 5.79. The van der Waals surface area contributed by atoms with Crippen LogP contribution in [-0.4, -0.2) is 20.9 Å². The van der Waals surface area contributed by atoms with E-state index in [0.717, 1.165) is 29.0 Å². The molecule has 108 valence electrons. The van der Waals surface area contributed by atoms with Crippen LogP contribution in [0.2, 0.25) is 0 Å². The van der Waals surface area contributed by atoms with Crippen LogP contribution < -0.4 is 0 Å². The molecule has 20 heavy (non-hydrogen) atoms. The third-order valence-corrected chi connectivity index (χ3v) is 5.79. The van der Waals surface area contributed by atoms with E-state index in [-0.39, 0.29) is 11.8 Å². The lowest BCUT2D eigenvalue weighted by Gasteiger charge is -2.56. The van der Waals surface area contributed by atoms with Crippen LogP contribution in [0.4, 0.5) is 0 Å². The van der Waals surface area contributed by atoms with E-state index < -0.39 is 5.97 Å². The topological polar surface area (TPSA) is 55.1 Å². The first-order chi connectivity index (χ1) is 9.54. The largest absolute Gasteiger partial charge is 0.481 e. The van der Waals surface area contributed by atoms with Gasteiger partial charge in [0, 0.05) is 24.2 Å². The van der Waals surface area contributed by atoms with Crippen LogP contribution in [-0.2, 0) is 23.7 Å². The average Bonchev–Trinajstić information content (AvgIpc) is 2.68. The van der Waals surface area contributed by atoms with E-state index >= 15 is 0 Å². The number of hydrogen-bond acceptors (Lipinski definition) is 2. The molecule has 4 bridgehead atoms. The Labute approximate surface area is 119 Å². The number of aliphatic carboxylic acids is 1. The first kappa shape index (κ1) is 12.4. The molecule has 4 saturated carbocycles. The molecule has 1 heterocycles. The predicted octanol–water partition coefficient (Wildman–Crippen LogP) is 2.52. The van der Waals surface area contributed by atoms with Gasteiger partial charge in [0.1, 0.15) is 0 Å². The molecule has 5 rings (SSSR count). The van der Waals surface area contributed by atoms with Crippen molar-refractivity contribution >= 4 is 5.97 Å². The first-order valence-corrected chi connectivity index (χ1v) is 7.79. The second kappa shape index (κ2) is 4.09. The summed E-state index contributed by atoms with van der Waals surface area (Å²) in [6.07, 6.45) is 9.96. The van der Waals surface area contributed by atoms with Crippen LogP contribution in [0, 0.1) is 17.8 Å². The zero-order chi connectivity index (χ0) is 13.9. The highest BCUT2D eigenvalue weighted by molar-refractivity contribution is 5.70. The molecule has 0 amide bonds. The molecule has 0 atom stereocenters. The fourth-order valence-electron chi connectivity index (χ4n) is 5.68. The van der Waals surface area contributed by atoms with Gasteiger partial charge in [-0.3, -0.25) is 9.48 Å². The number of carbonyl (C=O) groups is 1. The van der Waals surface area contributed by atoms with Gasteiger partial charge in [0.2, 0.25) is 0 Å². The second-order valence-electron chi connectivity index (χ2n) is 7.45. The van der Waals surface area contributed by atoms with E-state index in [0.29, 0.717) is 0 Å². The standard InChI is InChI=1S/C16H22N2O2/c1-18-9-13(5-14(19)20)15(17-18)16-6-10-2-11(7-16)4-12(3-10)8-16/h9-12H,2-8H2,1H3,(H,19,20). The first-order valence-electron chi connectivity index (χ1n) is 7.79. The molecular weight excluding hydrogens is 252 g/mol. The zero-order valence-corrected chi connectivity index (χ0v) is 12.0. The summed E-state index contributed by atoms with van der Waals surface area (Å²) >= 11 is 0. The van der Waals surface area contributed by atoms with Gasteiger partial charge in [0.05, 0.1) is 12.1 Å². The quantitative estimate of drug-likeness (QED) is 0.921. The fraction of sp³-hybridized carbons (Fsp3) is 0.750. The molecule has 0 radical (unpaired) electrons. The van der Waals surface area contributed by atoms with Crippen molar-refractivity contribution in [3.05, 3.63) is 17.5 Å². The van der Waals surface area contributed by atoms with Crippen LogP contribution in [0.3, 0.4) is 0 Å². The number of hydrogen-bond donors (Lipinski definition) is 1. The Morgan fingerprint density at radius 3 is 2.35 bits per heavy atom. The van der Waals surface area contributed by atoms with Gasteiger partial charge in [-0.25, -0.2) is 0 Å². The lowest BCUT2D eigenvalue weighted by molar-refractivity contribution is -0.136. The highest BCUT2D eigenvalue weighted by Crippen LogP contribution is 2.60. The minimum absolute atomic E-state index is 0.116. The Kier molecular flexibility index (Phi) is 2.54. The molecule has 4 heteroatoms. The van der Waals surface area contributed by atoms with E-state index in [2.05, 4.69) is 0 Å². The van der Waals surface area contributed by atoms with Crippen molar-refractivity contribution in [2.75, 3.05) is 0 Å². The molecule has 4 fully saturated rings. The van der Waals surface area contributed by atoms with Crippen LogP contribution in [0.15, 0.2) is 6.20 Å². The van der Waals surface area contributed by atoms with E-state index in [1.165, 1.54) is 38.5 Å². The van der Waals surface area contributed by atoms with Gasteiger partial charge in [-0.05, 0) is 56.3 Å². The van der Waals surface area contributed by atoms with Gasteiger partial charge in [0.15, 0.2) is 0 Å². The van der Waals surface area contributed by atoms with Crippen LogP contribution in [0.1, 0.15) is 49.8 Å². The minimum atomic E-state index is -0.746. The van der Waals surface area contributed by atoms with Gasteiger partial charge in [-0.1, -0.05) is 0 Å². The number of rotatable bonds is 3. The molecule has 1 aromatic rings. The van der Waals surface area contributed by atoms with Crippen LogP contribution in [0.25, 0.3) is 0 Å². The van der Waals surface area contributed by atoms with Crippen molar-refractivity contribution in [2.24, 2.45) is 24.8 Å². The summed E-state index contributed by atoms with van der Waals surface area (Å²) < 4.78 is 1.81. The predicted molar refractivity (Wildman–Crippen MR) is 74.4 cm³/mol. The van der Waals surface area contributed by atoms with Gasteiger partial charge in [-0.15, -0.1) is 0 Å². The van der Waals surface area contributed by atoms with Gasteiger partial charge in [-0.2, -0.15) is 5.10 Å². The number of aryl methyl sites for hydroxylation is 1. The summed E-state index contributed by atoms with van der Waals surface area (Å²) in [5, 5.41) is 13.9. The number of carboxylic acid groups (broad SMARTS) is 1. The average molecular weight is 274 g/mol. The Hall–Kier alpha value is -1.32. The molecular formula is C16H22N2O2. The molecule has 4 nitrogen and oxygen atoms in total. The van der Waals surface area contributed by atoms with Gasteiger partial charge < -0.3 is 5.11 Å². The molecule has 4 aliphatic carbocycles. The summed E-state index contributed by atoms with van der Waals surface area (Å²) in [6.45, 7) is 0. The van der Waals surface area contributed by atoms with Crippen molar-refractivity contribution in [1.29, 1.82) is 0 Å². The van der Waals surface area contributed by atoms with Crippen LogP contribution in [0.5, 0.6) is 0 Å². The molecule has 0 saturated heterocycles. The SMILES string of the molecule is Cn1cc(CC(=O)O)c(C23CC4CC(CC(C4)C2)C3)n1. The molecule has 1 aromatic heterocycles. The van der Waals surface area contributed by atoms with Crippen molar-refractivity contribution in [2.45, 2.75) is 50.4 Å². The highest BCUT2D eigenvalue weighted by atomic mass is 16.4. The summed E-state index contributed by atoms with van der Waals surface area (Å²) in [4.78, 5) is 11.1. The van der Waals surface area contributed by atoms with E-state index in [1.54, 1.807) is 0 Å². The van der Waals surface area contributed by atoms with E-state index in [4.69, 9.17) is 10.2 Å². The summed E-state index contributed by atoms with van der Waals surface area (Å²) in [6, 6.07) is 0. The molecule has 1 N–H and O–H groups in total. The Balaban J connectivity index is 1.75. The second-order valence-corrected chi connectivity index (χ2v) is 7.45. The summed E-state index contributed by atoms with van der Waals surface area (Å²) in [5.74, 6) is 1.84. The molecule has 0 unspecified atom stereocenters. The maximum Gasteiger partial charge on any atom is 0.307 e. The molecule has 0 spiro atoms. The maximum absolute atomic E-state index is 11.1. The van der Waals surface area contributed by atoms with E-state index in [9.17, 15) is 4.79 Å². The van der Waals surface area contributed by atoms with Crippen molar-refractivity contribution in [3.63, 3.8) is 0 Å². The molecule has 0 aliphatic heterocycles. The number of carboxylic acids is 1. The highest BCUT2D eigenvalue weighted by Gasteiger charge is 2.53. The lowest BCUT2D eigenvalue weighted by Crippen LogP contribution is -2.49. The normalized spacial score (nSPS) is 38.4. The van der Waals surface area contributed by atoms with Gasteiger partial charge in [0.25, 0.3) is 0 Å². The van der Waals surface area contributed by atoms with Gasteiger partial charge >= 0.3 is 5.97 Å². The Morgan fingerprint density at radius 1 is 1.30 bits per heavy atom. The Bertz CT molecular complexity index is 526. The minimum Gasteiger partial charge on any atom is -0.481 e. The third kappa shape index (κ3) is 1.80. The number of nitrogens with zero attached hydrogens (tertiary/aromatic N) is 2. The van der Waals surface area contributed by atoms with Crippen LogP contribution >= 0.6 is 0 Å². The Morgan fingerprint density at radius 2 is 1.85 bits per heavy atom. The lowest BCUT2D eigenvalue weighted by atomic mass is 9.48. The monoisotopic (exact) mass is 274 g/mol. The van der Waals surface area contributed by atoms with Crippen molar-refractivity contribution in [1.82, 2.24) is 9.78 Å².